The number of rotatable bonds is 3. The highest BCUT2D eigenvalue weighted by molar-refractivity contribution is 5.94. The number of hydrogen-bond acceptors (Lipinski definition) is 3. The van der Waals surface area contributed by atoms with E-state index in [2.05, 4.69) is 5.32 Å². The molecule has 2 aromatic carbocycles. The van der Waals surface area contributed by atoms with Crippen molar-refractivity contribution in [3.05, 3.63) is 54.6 Å². The van der Waals surface area contributed by atoms with Gasteiger partial charge in [-0.1, -0.05) is 18.2 Å². The maximum Gasteiger partial charge on any atom is 0.322 e. The molecule has 0 radical (unpaired) electrons. The van der Waals surface area contributed by atoms with E-state index < -0.39 is 6.04 Å². The third kappa shape index (κ3) is 3.60. The summed E-state index contributed by atoms with van der Waals surface area (Å²) < 4.78 is 5.76. The molecule has 0 aromatic heterocycles. The van der Waals surface area contributed by atoms with Gasteiger partial charge < -0.3 is 19.9 Å². The third-order valence-corrected chi connectivity index (χ3v) is 5.24. The van der Waals surface area contributed by atoms with Crippen molar-refractivity contribution in [2.45, 2.75) is 31.8 Å². The van der Waals surface area contributed by atoms with E-state index in [0.29, 0.717) is 18.0 Å². The fourth-order valence-corrected chi connectivity index (χ4v) is 3.76. The van der Waals surface area contributed by atoms with Crippen LogP contribution in [0.3, 0.4) is 0 Å². The molecule has 0 unspecified atom stereocenters. The average Bonchev–Trinajstić information content (AvgIpc) is 3.16. The molecule has 4 rings (SSSR count). The number of para-hydroxylation sites is 1. The minimum absolute atomic E-state index is 0.0468. The molecule has 140 valence electrons. The zero-order valence-corrected chi connectivity index (χ0v) is 15.3. The van der Waals surface area contributed by atoms with Gasteiger partial charge in [0.05, 0.1) is 0 Å². The predicted octanol–water partition coefficient (Wildman–Crippen LogP) is 3.71. The van der Waals surface area contributed by atoms with Gasteiger partial charge in [0.2, 0.25) is 5.91 Å². The number of amides is 3. The smallest absolute Gasteiger partial charge is 0.322 e. The van der Waals surface area contributed by atoms with Gasteiger partial charge in [-0.05, 0) is 56.2 Å². The molecule has 2 atom stereocenters. The fraction of sp³-hybridized carbons (Fsp3) is 0.333. The third-order valence-electron chi connectivity index (χ3n) is 5.24. The molecule has 2 saturated heterocycles. The molecule has 0 bridgehead atoms. The highest BCUT2D eigenvalue weighted by Crippen LogP contribution is 2.27. The lowest BCUT2D eigenvalue weighted by molar-refractivity contribution is -0.140. The summed E-state index contributed by atoms with van der Waals surface area (Å²) in [6.45, 7) is 3.20. The van der Waals surface area contributed by atoms with Crippen molar-refractivity contribution in [3.8, 4) is 11.5 Å². The summed E-state index contributed by atoms with van der Waals surface area (Å²) in [5.74, 6) is 1.50. The predicted molar refractivity (Wildman–Crippen MR) is 103 cm³/mol. The number of urea groups is 1. The van der Waals surface area contributed by atoms with E-state index >= 15 is 0 Å². The van der Waals surface area contributed by atoms with E-state index in [9.17, 15) is 9.59 Å². The Morgan fingerprint density at radius 1 is 1.07 bits per heavy atom. The van der Waals surface area contributed by atoms with Crippen LogP contribution in [0.4, 0.5) is 10.5 Å². The number of carbonyl (C=O) groups excluding carboxylic acids is 2. The van der Waals surface area contributed by atoms with Gasteiger partial charge in [-0.3, -0.25) is 4.79 Å². The number of benzene rings is 2. The summed E-state index contributed by atoms with van der Waals surface area (Å²) in [4.78, 5) is 28.7. The van der Waals surface area contributed by atoms with Crippen LogP contribution < -0.4 is 10.1 Å². The summed E-state index contributed by atoms with van der Waals surface area (Å²) in [6, 6.07) is 16.2. The monoisotopic (exact) mass is 365 g/mol. The van der Waals surface area contributed by atoms with Crippen LogP contribution in [0, 0.1) is 0 Å². The van der Waals surface area contributed by atoms with Crippen molar-refractivity contribution in [2.75, 3.05) is 18.4 Å². The van der Waals surface area contributed by atoms with Gasteiger partial charge in [-0.2, -0.15) is 0 Å². The van der Waals surface area contributed by atoms with Gasteiger partial charge >= 0.3 is 6.03 Å². The number of anilines is 1. The number of nitrogens with zero attached hydrogens (tertiary/aromatic N) is 2. The molecule has 3 amide bonds. The zero-order valence-electron chi connectivity index (χ0n) is 15.3. The van der Waals surface area contributed by atoms with Gasteiger partial charge in [-0.15, -0.1) is 0 Å². The van der Waals surface area contributed by atoms with Crippen LogP contribution in [0.15, 0.2) is 54.6 Å². The first-order valence-corrected chi connectivity index (χ1v) is 9.33. The van der Waals surface area contributed by atoms with Crippen LogP contribution in [0.5, 0.6) is 11.5 Å². The van der Waals surface area contributed by atoms with Crippen LogP contribution in [0.1, 0.15) is 19.8 Å². The maximum atomic E-state index is 12.7. The first kappa shape index (κ1) is 17.4. The number of piperazine rings is 1. The first-order chi connectivity index (χ1) is 13.1. The Bertz CT molecular complexity index is 822. The number of ether oxygens (including phenoxy) is 1. The second kappa shape index (κ2) is 7.31. The lowest BCUT2D eigenvalue weighted by Crippen LogP contribution is -2.60. The van der Waals surface area contributed by atoms with Crippen molar-refractivity contribution in [1.29, 1.82) is 0 Å². The van der Waals surface area contributed by atoms with E-state index in [1.165, 1.54) is 0 Å². The molecule has 2 aliphatic heterocycles. The molecule has 1 N–H and O–H groups in total. The van der Waals surface area contributed by atoms with Crippen LogP contribution in [-0.2, 0) is 4.79 Å². The molecule has 2 heterocycles. The lowest BCUT2D eigenvalue weighted by atomic mass is 10.1. The average molecular weight is 365 g/mol. The summed E-state index contributed by atoms with van der Waals surface area (Å²) >= 11 is 0. The Morgan fingerprint density at radius 3 is 2.52 bits per heavy atom. The number of nitrogens with one attached hydrogen (secondary N) is 1. The summed E-state index contributed by atoms with van der Waals surface area (Å²) in [6.07, 6.45) is 1.98. The van der Waals surface area contributed by atoms with E-state index in [4.69, 9.17) is 4.74 Å². The van der Waals surface area contributed by atoms with Gasteiger partial charge in [0.25, 0.3) is 0 Å². The molecule has 6 nitrogen and oxygen atoms in total. The van der Waals surface area contributed by atoms with Crippen molar-refractivity contribution >= 4 is 17.6 Å². The second-order valence-electron chi connectivity index (χ2n) is 7.03. The molecular weight excluding hydrogens is 342 g/mol. The van der Waals surface area contributed by atoms with E-state index in [0.717, 1.165) is 25.1 Å². The molecule has 0 aliphatic carbocycles. The largest absolute Gasteiger partial charge is 0.457 e. The Morgan fingerprint density at radius 2 is 1.78 bits per heavy atom. The van der Waals surface area contributed by atoms with E-state index in [-0.39, 0.29) is 18.0 Å². The Balaban J connectivity index is 1.40. The summed E-state index contributed by atoms with van der Waals surface area (Å²) in [5, 5.41) is 2.89. The number of fused-ring (bicyclic) bond motifs is 1. The first-order valence-electron chi connectivity index (χ1n) is 9.33. The van der Waals surface area contributed by atoms with Crippen molar-refractivity contribution in [2.24, 2.45) is 0 Å². The minimum atomic E-state index is -0.431. The van der Waals surface area contributed by atoms with Crippen LogP contribution in [0.2, 0.25) is 0 Å². The summed E-state index contributed by atoms with van der Waals surface area (Å²) in [7, 11) is 0. The van der Waals surface area contributed by atoms with Gasteiger partial charge in [0.15, 0.2) is 0 Å². The quantitative estimate of drug-likeness (QED) is 0.902. The molecular formula is C21H23N3O3. The molecule has 2 aliphatic rings. The van der Waals surface area contributed by atoms with Crippen molar-refractivity contribution < 1.29 is 14.3 Å². The van der Waals surface area contributed by atoms with Gasteiger partial charge in [-0.25, -0.2) is 4.79 Å². The minimum Gasteiger partial charge on any atom is -0.457 e. The SMILES string of the molecule is C[C@@H]1C(=O)N2CCC[C@H]2CN1C(=O)Nc1ccc(Oc2ccccc2)cc1. The van der Waals surface area contributed by atoms with Gasteiger partial charge in [0.1, 0.15) is 17.5 Å². The maximum absolute atomic E-state index is 12.7. The normalized spacial score (nSPS) is 21.7. The highest BCUT2D eigenvalue weighted by Gasteiger charge is 2.42. The van der Waals surface area contributed by atoms with Crippen LogP contribution in [0.25, 0.3) is 0 Å². The number of hydrogen-bond donors (Lipinski definition) is 1. The molecule has 27 heavy (non-hydrogen) atoms. The topological polar surface area (TPSA) is 61.9 Å². The Hall–Kier alpha value is -3.02. The van der Waals surface area contributed by atoms with Crippen molar-refractivity contribution in [3.63, 3.8) is 0 Å². The molecule has 6 heteroatoms. The summed E-state index contributed by atoms with van der Waals surface area (Å²) in [5.41, 5.74) is 0.675. The molecule has 2 aromatic rings. The Kier molecular flexibility index (Phi) is 4.71. The number of carbonyl (C=O) groups is 2. The molecule has 2 fully saturated rings. The van der Waals surface area contributed by atoms with Crippen LogP contribution >= 0.6 is 0 Å². The Labute approximate surface area is 158 Å². The standard InChI is InChI=1S/C21H23N3O3/c1-15-20(25)23-13-5-6-17(23)14-24(15)21(26)22-16-9-11-19(12-10-16)27-18-7-3-2-4-8-18/h2-4,7-12,15,17H,5-6,13-14H2,1H3,(H,22,26)/t15-,17+/m1/s1. The van der Waals surface area contributed by atoms with Crippen molar-refractivity contribution in [1.82, 2.24) is 9.80 Å². The van der Waals surface area contributed by atoms with E-state index in [1.54, 1.807) is 24.0 Å². The second-order valence-corrected chi connectivity index (χ2v) is 7.03. The van der Waals surface area contributed by atoms with Gasteiger partial charge in [0, 0.05) is 24.8 Å². The lowest BCUT2D eigenvalue weighted by Gasteiger charge is -2.41. The zero-order chi connectivity index (χ0) is 18.8. The van der Waals surface area contributed by atoms with E-state index in [1.807, 2.05) is 47.4 Å². The molecule has 0 saturated carbocycles. The van der Waals surface area contributed by atoms with Crippen LogP contribution in [-0.4, -0.2) is 46.9 Å². The fourth-order valence-electron chi connectivity index (χ4n) is 3.76. The highest BCUT2D eigenvalue weighted by atomic mass is 16.5. The molecule has 0 spiro atoms.